The van der Waals surface area contributed by atoms with Crippen LogP contribution in [-0.2, 0) is 31.0 Å². The highest BCUT2D eigenvalue weighted by molar-refractivity contribution is 7.91. The van der Waals surface area contributed by atoms with Gasteiger partial charge >= 0.3 is 12.0 Å². The largest absolute Gasteiger partial charge is 0.465 e. The summed E-state index contributed by atoms with van der Waals surface area (Å²) < 4.78 is 72.4. The molecule has 43 heavy (non-hydrogen) atoms. The fourth-order valence-electron chi connectivity index (χ4n) is 5.45. The number of aromatic nitrogens is 2. The van der Waals surface area contributed by atoms with Gasteiger partial charge in [0.1, 0.15) is 5.82 Å². The molecule has 2 aliphatic rings. The van der Waals surface area contributed by atoms with Crippen molar-refractivity contribution in [2.24, 2.45) is 0 Å². The lowest BCUT2D eigenvalue weighted by molar-refractivity contribution is 0.0600. The Bertz CT molecular complexity index is 1780. The number of nitrogens with zero attached hydrogens (tertiary/aromatic N) is 4. The third kappa shape index (κ3) is 6.24. The first-order valence-electron chi connectivity index (χ1n) is 13.9. The lowest BCUT2D eigenvalue weighted by Gasteiger charge is -2.34. The number of amides is 2. The van der Waals surface area contributed by atoms with Crippen LogP contribution in [0.5, 0.6) is 0 Å². The van der Waals surface area contributed by atoms with Crippen LogP contribution in [0, 0.1) is 5.82 Å². The Morgan fingerprint density at radius 1 is 1.12 bits per heavy atom. The summed E-state index contributed by atoms with van der Waals surface area (Å²) in [6.07, 6.45) is 1.62. The molecule has 0 saturated carbocycles. The Balaban J connectivity index is 1.66. The summed E-state index contributed by atoms with van der Waals surface area (Å²) in [5.41, 5.74) is 1.47. The fourth-order valence-corrected chi connectivity index (χ4v) is 8.31. The lowest BCUT2D eigenvalue weighted by atomic mass is 10.0. The van der Waals surface area contributed by atoms with Crippen LogP contribution in [0.4, 0.5) is 14.9 Å². The SMILES string of the molecule is COC(=O)c1ccc(CN(C(=O)N2CCS(=O)(=O)CC2)c2cc(C3CNCCS3(=O)=O)c3cnn(C(C)C)c3c2)c(F)c1. The van der Waals surface area contributed by atoms with Crippen molar-refractivity contribution >= 4 is 48.3 Å². The summed E-state index contributed by atoms with van der Waals surface area (Å²) in [6, 6.07) is 6.49. The molecule has 5 rings (SSSR count). The molecule has 2 aliphatic heterocycles. The van der Waals surface area contributed by atoms with Crippen LogP contribution in [0.25, 0.3) is 10.9 Å². The number of carbonyl (C=O) groups is 2. The van der Waals surface area contributed by atoms with E-state index >= 15 is 4.39 Å². The number of ether oxygens (including phenoxy) is 1. The van der Waals surface area contributed by atoms with Gasteiger partial charge in [0.2, 0.25) is 0 Å². The smallest absolute Gasteiger partial charge is 0.337 e. The predicted octanol–water partition coefficient (Wildman–Crippen LogP) is 2.46. The average molecular weight is 636 g/mol. The average Bonchev–Trinajstić information content (AvgIpc) is 3.40. The lowest BCUT2D eigenvalue weighted by Crippen LogP contribution is -2.50. The van der Waals surface area contributed by atoms with Gasteiger partial charge in [-0.15, -0.1) is 0 Å². The Morgan fingerprint density at radius 2 is 1.84 bits per heavy atom. The van der Waals surface area contributed by atoms with Crippen molar-refractivity contribution in [3.63, 3.8) is 0 Å². The van der Waals surface area contributed by atoms with Gasteiger partial charge < -0.3 is 15.0 Å². The van der Waals surface area contributed by atoms with Gasteiger partial charge in [0.25, 0.3) is 0 Å². The number of hydrogen-bond donors (Lipinski definition) is 1. The molecule has 1 unspecified atom stereocenters. The number of methoxy groups -OCH3 is 1. The molecule has 1 N–H and O–H groups in total. The molecule has 0 bridgehead atoms. The monoisotopic (exact) mass is 635 g/mol. The second-order valence-electron chi connectivity index (χ2n) is 11.0. The molecule has 15 heteroatoms. The summed E-state index contributed by atoms with van der Waals surface area (Å²) >= 11 is 0. The highest BCUT2D eigenvalue weighted by Gasteiger charge is 2.35. The van der Waals surface area contributed by atoms with Gasteiger partial charge in [0.05, 0.1) is 53.4 Å². The minimum absolute atomic E-state index is 0.00223. The van der Waals surface area contributed by atoms with Crippen molar-refractivity contribution in [3.05, 3.63) is 59.0 Å². The number of esters is 1. The number of carbonyl (C=O) groups excluding carboxylic acids is 2. The summed E-state index contributed by atoms with van der Waals surface area (Å²) in [6.45, 7) is 4.00. The van der Waals surface area contributed by atoms with Crippen LogP contribution in [-0.4, -0.2) is 94.1 Å². The van der Waals surface area contributed by atoms with Crippen molar-refractivity contribution in [3.8, 4) is 0 Å². The summed E-state index contributed by atoms with van der Waals surface area (Å²) in [5.74, 6) is -1.91. The van der Waals surface area contributed by atoms with E-state index in [1.807, 2.05) is 13.8 Å². The first-order valence-corrected chi connectivity index (χ1v) is 17.4. The van der Waals surface area contributed by atoms with E-state index in [0.29, 0.717) is 28.7 Å². The molecule has 232 valence electrons. The van der Waals surface area contributed by atoms with Crippen molar-refractivity contribution in [2.75, 3.05) is 55.4 Å². The van der Waals surface area contributed by atoms with Crippen LogP contribution in [0.2, 0.25) is 0 Å². The standard InChI is InChI=1S/C28H34FN5O7S2/c1-18(2)34-25-14-21(13-22(23(25)15-31-34)26-16-30-6-9-43(26,39)40)33(28(36)32-7-10-42(37,38)11-8-32)17-20-5-4-19(12-24(20)29)27(35)41-3/h4-5,12-15,18,26,30H,6-11,16-17H2,1-3H3. The van der Waals surface area contributed by atoms with E-state index < -0.39 is 42.7 Å². The number of halogens is 1. The molecule has 0 spiro atoms. The molecule has 2 saturated heterocycles. The topological polar surface area (TPSA) is 148 Å². The number of fused-ring (bicyclic) bond motifs is 1. The van der Waals surface area contributed by atoms with Crippen molar-refractivity contribution < 1.29 is 35.6 Å². The number of urea groups is 1. The normalized spacial score (nSPS) is 19.8. The van der Waals surface area contributed by atoms with Gasteiger partial charge in [-0.05, 0) is 43.7 Å². The zero-order valence-corrected chi connectivity index (χ0v) is 25.7. The van der Waals surface area contributed by atoms with Crippen LogP contribution >= 0.6 is 0 Å². The Labute approximate surface area is 249 Å². The van der Waals surface area contributed by atoms with E-state index in [-0.39, 0.29) is 60.6 Å². The number of rotatable bonds is 6. The van der Waals surface area contributed by atoms with E-state index in [1.54, 1.807) is 23.0 Å². The molecule has 0 aliphatic carbocycles. The van der Waals surface area contributed by atoms with Crippen LogP contribution in [0.1, 0.15) is 46.6 Å². The van der Waals surface area contributed by atoms with E-state index in [2.05, 4.69) is 15.2 Å². The van der Waals surface area contributed by atoms with Crippen LogP contribution < -0.4 is 10.2 Å². The number of benzene rings is 2. The number of nitrogens with one attached hydrogen (secondary N) is 1. The number of hydrogen-bond acceptors (Lipinski definition) is 9. The van der Waals surface area contributed by atoms with Crippen molar-refractivity contribution in [2.45, 2.75) is 31.7 Å². The molecular weight excluding hydrogens is 601 g/mol. The first kappa shape index (κ1) is 30.9. The summed E-state index contributed by atoms with van der Waals surface area (Å²) in [7, 11) is -5.65. The number of sulfone groups is 2. The Hall–Kier alpha value is -3.56. The second kappa shape index (κ2) is 11.8. The quantitative estimate of drug-likeness (QED) is 0.404. The molecule has 2 amide bonds. The number of anilines is 1. The third-order valence-electron chi connectivity index (χ3n) is 7.86. The van der Waals surface area contributed by atoms with E-state index in [0.717, 1.165) is 6.07 Å². The van der Waals surface area contributed by atoms with Gasteiger partial charge in [-0.3, -0.25) is 9.58 Å². The molecule has 0 radical (unpaired) electrons. The maximum atomic E-state index is 15.3. The van der Waals surface area contributed by atoms with E-state index in [1.165, 1.54) is 29.0 Å². The molecule has 1 atom stereocenters. The molecule has 3 aromatic rings. The molecule has 2 aromatic carbocycles. The van der Waals surface area contributed by atoms with Gasteiger partial charge in [-0.25, -0.2) is 30.8 Å². The summed E-state index contributed by atoms with van der Waals surface area (Å²) in [5, 5.41) is 7.36. The predicted molar refractivity (Wildman–Crippen MR) is 159 cm³/mol. The molecular formula is C28H34FN5O7S2. The molecule has 12 nitrogen and oxygen atoms in total. The zero-order chi connectivity index (χ0) is 31.1. The maximum absolute atomic E-state index is 15.3. The van der Waals surface area contributed by atoms with Gasteiger partial charge in [0, 0.05) is 48.9 Å². The highest BCUT2D eigenvalue weighted by atomic mass is 32.2. The second-order valence-corrected chi connectivity index (χ2v) is 15.6. The minimum Gasteiger partial charge on any atom is -0.465 e. The molecule has 2 fully saturated rings. The van der Waals surface area contributed by atoms with Gasteiger partial charge in [-0.1, -0.05) is 6.07 Å². The van der Waals surface area contributed by atoms with Crippen molar-refractivity contribution in [1.29, 1.82) is 0 Å². The molecule has 3 heterocycles. The van der Waals surface area contributed by atoms with Crippen molar-refractivity contribution in [1.82, 2.24) is 20.0 Å². The van der Waals surface area contributed by atoms with E-state index in [4.69, 9.17) is 0 Å². The Kier molecular flexibility index (Phi) is 8.51. The zero-order valence-electron chi connectivity index (χ0n) is 24.1. The van der Waals surface area contributed by atoms with E-state index in [9.17, 15) is 26.4 Å². The minimum atomic E-state index is -3.54. The molecule has 1 aromatic heterocycles. The van der Waals surface area contributed by atoms with Gasteiger partial charge in [0.15, 0.2) is 19.7 Å². The maximum Gasteiger partial charge on any atom is 0.337 e. The first-order chi connectivity index (χ1) is 20.3. The van der Waals surface area contributed by atoms with Gasteiger partial charge in [-0.2, -0.15) is 5.10 Å². The Morgan fingerprint density at radius 3 is 2.47 bits per heavy atom. The highest BCUT2D eigenvalue weighted by Crippen LogP contribution is 2.37. The van der Waals surface area contributed by atoms with Crippen LogP contribution in [0.15, 0.2) is 36.5 Å². The van der Waals surface area contributed by atoms with Crippen LogP contribution in [0.3, 0.4) is 0 Å². The third-order valence-corrected chi connectivity index (χ3v) is 11.5. The summed E-state index contributed by atoms with van der Waals surface area (Å²) in [4.78, 5) is 28.7. The fraction of sp³-hybridized carbons (Fsp3) is 0.464.